The van der Waals surface area contributed by atoms with Crippen molar-refractivity contribution in [2.45, 2.75) is 18.9 Å². The predicted molar refractivity (Wildman–Crippen MR) is 96.2 cm³/mol. The predicted octanol–water partition coefficient (Wildman–Crippen LogP) is 2.74. The Morgan fingerprint density at radius 3 is 2.92 bits per heavy atom. The van der Waals surface area contributed by atoms with Crippen molar-refractivity contribution in [2.24, 2.45) is 0 Å². The van der Waals surface area contributed by atoms with Gasteiger partial charge in [0.15, 0.2) is 0 Å². The molecule has 0 bridgehead atoms. The van der Waals surface area contributed by atoms with Gasteiger partial charge in [-0.1, -0.05) is 0 Å². The monoisotopic (exact) mass is 362 g/mol. The first kappa shape index (κ1) is 17.8. The summed E-state index contributed by atoms with van der Waals surface area (Å²) in [5.74, 6) is 0.629. The Morgan fingerprint density at radius 1 is 1.36 bits per heavy atom. The fourth-order valence-electron chi connectivity index (χ4n) is 2.55. The Hall–Kier alpha value is -1.96. The summed E-state index contributed by atoms with van der Waals surface area (Å²) in [7, 11) is 1.64. The van der Waals surface area contributed by atoms with Crippen LogP contribution < -0.4 is 10.1 Å². The number of benzene rings is 1. The maximum absolute atomic E-state index is 12.2. The summed E-state index contributed by atoms with van der Waals surface area (Å²) in [5, 5.41) is 5.48. The molecule has 1 N–H and O–H groups in total. The number of amides is 1. The van der Waals surface area contributed by atoms with Gasteiger partial charge in [-0.2, -0.15) is 0 Å². The Bertz CT molecular complexity index is 681. The largest absolute Gasteiger partial charge is 0.491 e. The van der Waals surface area contributed by atoms with Gasteiger partial charge in [0.05, 0.1) is 12.7 Å². The van der Waals surface area contributed by atoms with E-state index in [1.54, 1.807) is 12.5 Å². The van der Waals surface area contributed by atoms with E-state index in [2.05, 4.69) is 10.3 Å². The van der Waals surface area contributed by atoms with Crippen molar-refractivity contribution < 1.29 is 19.0 Å². The lowest BCUT2D eigenvalue weighted by Gasteiger charge is -2.09. The molecule has 7 heteroatoms. The van der Waals surface area contributed by atoms with Crippen molar-refractivity contribution in [1.29, 1.82) is 0 Å². The minimum Gasteiger partial charge on any atom is -0.491 e. The average Bonchev–Trinajstić information content (AvgIpc) is 3.32. The van der Waals surface area contributed by atoms with E-state index >= 15 is 0 Å². The fraction of sp³-hybridized carbons (Fsp3) is 0.444. The summed E-state index contributed by atoms with van der Waals surface area (Å²) in [5.41, 5.74) is 1.40. The van der Waals surface area contributed by atoms with Crippen LogP contribution in [-0.4, -0.2) is 50.5 Å². The van der Waals surface area contributed by atoms with E-state index in [4.69, 9.17) is 14.2 Å². The third kappa shape index (κ3) is 5.01. The van der Waals surface area contributed by atoms with Gasteiger partial charge in [0.2, 0.25) is 0 Å². The number of hydrogen-bond acceptors (Lipinski definition) is 6. The molecular formula is C18H22N2O4S. The summed E-state index contributed by atoms with van der Waals surface area (Å²) in [4.78, 5) is 16.6. The minimum atomic E-state index is -0.155. The van der Waals surface area contributed by atoms with Gasteiger partial charge in [-0.3, -0.25) is 4.79 Å². The minimum absolute atomic E-state index is 0.132. The summed E-state index contributed by atoms with van der Waals surface area (Å²) < 4.78 is 16.0. The van der Waals surface area contributed by atoms with Gasteiger partial charge in [-0.05, 0) is 37.1 Å². The normalized spacial score (nSPS) is 16.8. The summed E-state index contributed by atoms with van der Waals surface area (Å²) >= 11 is 1.45. The Balaban J connectivity index is 1.55. The molecule has 2 heterocycles. The number of carbonyl (C=O) groups excluding carboxylic acids is 1. The van der Waals surface area contributed by atoms with E-state index in [0.29, 0.717) is 25.5 Å². The standard InChI is InChI=1S/C18H22N2O4S/c1-22-9-10-24-14-6-4-13(5-7-14)18-20-16(12-25-18)17(21)19-11-15-3-2-8-23-15/h4-7,12,15H,2-3,8-11H2,1H3,(H,19,21)/t15-/m0/s1. The molecule has 0 aliphatic carbocycles. The van der Waals surface area contributed by atoms with Crippen molar-refractivity contribution in [1.82, 2.24) is 10.3 Å². The van der Waals surface area contributed by atoms with Crippen LogP contribution in [0.15, 0.2) is 29.6 Å². The van der Waals surface area contributed by atoms with Crippen LogP contribution in [0.3, 0.4) is 0 Å². The summed E-state index contributed by atoms with van der Waals surface area (Å²) in [6.07, 6.45) is 2.20. The maximum atomic E-state index is 12.2. The number of aromatic nitrogens is 1. The molecule has 1 saturated heterocycles. The van der Waals surface area contributed by atoms with Crippen LogP contribution >= 0.6 is 11.3 Å². The average molecular weight is 362 g/mol. The molecule has 1 atom stereocenters. The van der Waals surface area contributed by atoms with Crippen molar-refractivity contribution in [2.75, 3.05) is 33.5 Å². The van der Waals surface area contributed by atoms with E-state index < -0.39 is 0 Å². The van der Waals surface area contributed by atoms with E-state index in [1.165, 1.54) is 11.3 Å². The molecular weight excluding hydrogens is 340 g/mol. The fourth-order valence-corrected chi connectivity index (χ4v) is 3.36. The number of ether oxygens (including phenoxy) is 3. The van der Waals surface area contributed by atoms with E-state index in [9.17, 15) is 4.79 Å². The van der Waals surface area contributed by atoms with Gasteiger partial charge in [-0.25, -0.2) is 4.98 Å². The molecule has 134 valence electrons. The highest BCUT2D eigenvalue weighted by Crippen LogP contribution is 2.25. The van der Waals surface area contributed by atoms with E-state index in [1.807, 2.05) is 24.3 Å². The van der Waals surface area contributed by atoms with Crippen molar-refractivity contribution >= 4 is 17.2 Å². The molecule has 1 aromatic heterocycles. The van der Waals surface area contributed by atoms with Crippen LogP contribution in [0.5, 0.6) is 5.75 Å². The molecule has 1 fully saturated rings. The van der Waals surface area contributed by atoms with E-state index in [-0.39, 0.29) is 12.0 Å². The topological polar surface area (TPSA) is 69.7 Å². The molecule has 2 aromatic rings. The van der Waals surface area contributed by atoms with Gasteiger partial charge in [0, 0.05) is 31.2 Å². The highest BCUT2D eigenvalue weighted by atomic mass is 32.1. The molecule has 1 amide bonds. The number of methoxy groups -OCH3 is 1. The molecule has 3 rings (SSSR count). The van der Waals surface area contributed by atoms with Crippen LogP contribution in [-0.2, 0) is 9.47 Å². The van der Waals surface area contributed by atoms with Gasteiger partial charge in [-0.15, -0.1) is 11.3 Å². The van der Waals surface area contributed by atoms with Crippen LogP contribution in [0.1, 0.15) is 23.3 Å². The number of nitrogens with one attached hydrogen (secondary N) is 1. The zero-order valence-corrected chi connectivity index (χ0v) is 15.0. The highest BCUT2D eigenvalue weighted by molar-refractivity contribution is 7.13. The Kier molecular flexibility index (Phi) is 6.38. The lowest BCUT2D eigenvalue weighted by molar-refractivity contribution is 0.0854. The Labute approximate surface area is 151 Å². The molecule has 0 spiro atoms. The smallest absolute Gasteiger partial charge is 0.270 e. The summed E-state index contributed by atoms with van der Waals surface area (Å²) in [6.45, 7) is 2.40. The van der Waals surface area contributed by atoms with Gasteiger partial charge in [0.25, 0.3) is 5.91 Å². The zero-order chi connectivity index (χ0) is 17.5. The van der Waals surface area contributed by atoms with E-state index in [0.717, 1.165) is 35.8 Å². The molecule has 6 nitrogen and oxygen atoms in total. The highest BCUT2D eigenvalue weighted by Gasteiger charge is 2.18. The number of hydrogen-bond donors (Lipinski definition) is 1. The lowest BCUT2D eigenvalue weighted by Crippen LogP contribution is -2.31. The first-order valence-corrected chi connectivity index (χ1v) is 9.22. The van der Waals surface area contributed by atoms with Crippen LogP contribution in [0.2, 0.25) is 0 Å². The molecule has 0 unspecified atom stereocenters. The second-order valence-electron chi connectivity index (χ2n) is 5.75. The molecule has 1 aromatic carbocycles. The van der Waals surface area contributed by atoms with Crippen LogP contribution in [0.25, 0.3) is 10.6 Å². The summed E-state index contributed by atoms with van der Waals surface area (Å²) in [6, 6.07) is 7.66. The van der Waals surface area contributed by atoms with Crippen LogP contribution in [0, 0.1) is 0 Å². The molecule has 0 saturated carbocycles. The van der Waals surface area contributed by atoms with Crippen LogP contribution in [0.4, 0.5) is 0 Å². The second-order valence-corrected chi connectivity index (χ2v) is 6.61. The number of thiazole rings is 1. The third-order valence-corrected chi connectivity index (χ3v) is 4.80. The van der Waals surface area contributed by atoms with Gasteiger partial charge >= 0.3 is 0 Å². The first-order chi connectivity index (χ1) is 12.3. The number of nitrogens with zero attached hydrogens (tertiary/aromatic N) is 1. The first-order valence-electron chi connectivity index (χ1n) is 8.34. The SMILES string of the molecule is COCCOc1ccc(-c2nc(C(=O)NC[C@@H]3CCCO3)cs2)cc1. The molecule has 0 radical (unpaired) electrons. The van der Waals surface area contributed by atoms with Gasteiger partial charge in [0.1, 0.15) is 23.1 Å². The van der Waals surface area contributed by atoms with Crippen molar-refractivity contribution in [3.63, 3.8) is 0 Å². The number of carbonyl (C=O) groups is 1. The zero-order valence-electron chi connectivity index (χ0n) is 14.2. The van der Waals surface area contributed by atoms with Crippen molar-refractivity contribution in [3.8, 4) is 16.3 Å². The quantitative estimate of drug-likeness (QED) is 0.731. The third-order valence-electron chi connectivity index (χ3n) is 3.91. The van der Waals surface area contributed by atoms with Crippen molar-refractivity contribution in [3.05, 3.63) is 35.3 Å². The Morgan fingerprint density at radius 2 is 2.20 bits per heavy atom. The maximum Gasteiger partial charge on any atom is 0.270 e. The second kappa shape index (κ2) is 8.94. The molecule has 25 heavy (non-hydrogen) atoms. The lowest BCUT2D eigenvalue weighted by atomic mass is 10.2. The molecule has 1 aliphatic heterocycles. The van der Waals surface area contributed by atoms with Gasteiger partial charge < -0.3 is 19.5 Å². The molecule has 1 aliphatic rings. The number of rotatable bonds is 8.